The van der Waals surface area contributed by atoms with Gasteiger partial charge in [0.2, 0.25) is 5.89 Å². The van der Waals surface area contributed by atoms with Crippen LogP contribution in [-0.4, -0.2) is 28.4 Å². The van der Waals surface area contributed by atoms with Gasteiger partial charge in [0.25, 0.3) is 5.91 Å². The van der Waals surface area contributed by atoms with Gasteiger partial charge in [0.05, 0.1) is 6.54 Å². The van der Waals surface area contributed by atoms with Gasteiger partial charge in [0, 0.05) is 30.8 Å². The second-order valence-corrected chi connectivity index (χ2v) is 7.91. The molecule has 0 bridgehead atoms. The number of amides is 1. The molecule has 1 saturated carbocycles. The van der Waals surface area contributed by atoms with Crippen molar-refractivity contribution in [3.05, 3.63) is 53.2 Å². The Morgan fingerprint density at radius 2 is 2.04 bits per heavy atom. The molecule has 1 N–H and O–H groups in total. The van der Waals surface area contributed by atoms with Crippen LogP contribution in [0.15, 0.2) is 28.9 Å². The van der Waals surface area contributed by atoms with Crippen LogP contribution >= 0.6 is 0 Å². The average molecular weight is 391 g/mol. The predicted molar refractivity (Wildman–Crippen MR) is 101 cm³/mol. The molecule has 0 aliphatic heterocycles. The summed E-state index contributed by atoms with van der Waals surface area (Å²) in [6.07, 6.45) is 3.67. The van der Waals surface area contributed by atoms with Gasteiger partial charge in [0.15, 0.2) is 5.69 Å². The Labute approximate surface area is 164 Å². The number of carbonyl (C=O) groups is 1. The Morgan fingerprint density at radius 3 is 2.68 bits per heavy atom. The highest BCUT2D eigenvalue weighted by molar-refractivity contribution is 5.91. The second kappa shape index (κ2) is 8.82. The first-order chi connectivity index (χ1) is 13.3. The fourth-order valence-corrected chi connectivity index (χ4v) is 2.95. The van der Waals surface area contributed by atoms with Crippen LogP contribution < -0.4 is 5.32 Å². The molecule has 1 aromatic carbocycles. The van der Waals surface area contributed by atoms with E-state index in [1.54, 1.807) is 0 Å². The highest BCUT2D eigenvalue weighted by Gasteiger charge is 2.24. The second-order valence-electron chi connectivity index (χ2n) is 7.91. The molecule has 1 atom stereocenters. The zero-order valence-electron chi connectivity index (χ0n) is 16.5. The van der Waals surface area contributed by atoms with Gasteiger partial charge < -0.3 is 9.73 Å². The van der Waals surface area contributed by atoms with Crippen molar-refractivity contribution in [2.24, 2.45) is 11.8 Å². The minimum atomic E-state index is -0.598. The molecule has 1 heterocycles. The zero-order valence-corrected chi connectivity index (χ0v) is 16.5. The van der Waals surface area contributed by atoms with E-state index in [1.165, 1.54) is 18.4 Å². The van der Waals surface area contributed by atoms with Gasteiger partial charge in [-0.2, -0.15) is 0 Å². The van der Waals surface area contributed by atoms with Crippen molar-refractivity contribution in [3.63, 3.8) is 0 Å². The standard InChI is InChI=1S/C21H27F2N3O2/c1-13(2)14(3)26(10-16-6-7-17(22)8-18(16)23)11-20-25-19(12-28-20)21(27)24-9-15-4-5-15/h6-8,12-15H,4-5,9-11H2,1-3H3,(H,24,27). The lowest BCUT2D eigenvalue weighted by Crippen LogP contribution is -2.36. The first-order valence-electron chi connectivity index (χ1n) is 9.74. The first-order valence-corrected chi connectivity index (χ1v) is 9.74. The van der Waals surface area contributed by atoms with E-state index in [0.717, 1.165) is 18.9 Å². The molecule has 1 fully saturated rings. The maximum absolute atomic E-state index is 14.1. The average Bonchev–Trinajstić information content (AvgIpc) is 3.37. The molecule has 1 unspecified atom stereocenters. The summed E-state index contributed by atoms with van der Waals surface area (Å²) < 4.78 is 32.8. The van der Waals surface area contributed by atoms with Crippen LogP contribution in [-0.2, 0) is 13.1 Å². The van der Waals surface area contributed by atoms with Crippen LogP contribution in [0.2, 0.25) is 0 Å². The summed E-state index contributed by atoms with van der Waals surface area (Å²) in [6, 6.07) is 3.70. The highest BCUT2D eigenvalue weighted by atomic mass is 19.1. The van der Waals surface area contributed by atoms with Crippen LogP contribution in [0.5, 0.6) is 0 Å². The van der Waals surface area contributed by atoms with E-state index in [2.05, 4.69) is 24.1 Å². The van der Waals surface area contributed by atoms with Crippen LogP contribution in [0.4, 0.5) is 8.78 Å². The third-order valence-corrected chi connectivity index (χ3v) is 5.30. The van der Waals surface area contributed by atoms with Gasteiger partial charge in [-0.1, -0.05) is 19.9 Å². The van der Waals surface area contributed by atoms with Crippen molar-refractivity contribution in [2.45, 2.75) is 52.7 Å². The summed E-state index contributed by atoms with van der Waals surface area (Å²) in [5.41, 5.74) is 0.656. The monoisotopic (exact) mass is 391 g/mol. The Kier molecular flexibility index (Phi) is 6.44. The van der Waals surface area contributed by atoms with E-state index in [-0.39, 0.29) is 24.2 Å². The largest absolute Gasteiger partial charge is 0.447 e. The van der Waals surface area contributed by atoms with Crippen molar-refractivity contribution in [1.82, 2.24) is 15.2 Å². The summed E-state index contributed by atoms with van der Waals surface area (Å²) in [6.45, 7) is 7.47. The van der Waals surface area contributed by atoms with E-state index < -0.39 is 11.6 Å². The maximum Gasteiger partial charge on any atom is 0.273 e. The number of carbonyl (C=O) groups excluding carboxylic acids is 1. The van der Waals surface area contributed by atoms with Crippen LogP contribution in [0.25, 0.3) is 0 Å². The topological polar surface area (TPSA) is 58.4 Å². The zero-order chi connectivity index (χ0) is 20.3. The number of nitrogens with zero attached hydrogens (tertiary/aromatic N) is 2. The lowest BCUT2D eigenvalue weighted by Gasteiger charge is -2.30. The van der Waals surface area contributed by atoms with Crippen LogP contribution in [0.3, 0.4) is 0 Å². The van der Waals surface area contributed by atoms with Crippen LogP contribution in [0, 0.1) is 23.5 Å². The Morgan fingerprint density at radius 1 is 1.29 bits per heavy atom. The van der Waals surface area contributed by atoms with Crippen LogP contribution in [0.1, 0.15) is 55.6 Å². The molecule has 1 aliphatic rings. The predicted octanol–water partition coefficient (Wildman–Crippen LogP) is 4.14. The van der Waals surface area contributed by atoms with Crippen molar-refractivity contribution >= 4 is 5.91 Å². The SMILES string of the molecule is CC(C)C(C)N(Cc1nc(C(=O)NCC2CC2)co1)Cc1ccc(F)cc1F. The van der Waals surface area contributed by atoms with Gasteiger partial charge >= 0.3 is 0 Å². The van der Waals surface area contributed by atoms with E-state index in [0.29, 0.717) is 36.4 Å². The number of nitrogens with one attached hydrogen (secondary N) is 1. The summed E-state index contributed by atoms with van der Waals surface area (Å²) in [7, 11) is 0. The van der Waals surface area contributed by atoms with Crippen molar-refractivity contribution in [2.75, 3.05) is 6.54 Å². The maximum atomic E-state index is 14.1. The Balaban J connectivity index is 1.69. The van der Waals surface area contributed by atoms with E-state index in [4.69, 9.17) is 4.42 Å². The number of hydrogen-bond donors (Lipinski definition) is 1. The van der Waals surface area contributed by atoms with Gasteiger partial charge in [-0.25, -0.2) is 13.8 Å². The molecule has 0 radical (unpaired) electrons. The molecule has 5 nitrogen and oxygen atoms in total. The third-order valence-electron chi connectivity index (χ3n) is 5.30. The molecule has 2 aromatic rings. The normalized spacial score (nSPS) is 15.2. The van der Waals surface area contributed by atoms with Crippen molar-refractivity contribution < 1.29 is 18.0 Å². The third kappa shape index (κ3) is 5.38. The molecular weight excluding hydrogens is 364 g/mol. The first kappa shape index (κ1) is 20.5. The fourth-order valence-electron chi connectivity index (χ4n) is 2.95. The quantitative estimate of drug-likeness (QED) is 0.698. The highest BCUT2D eigenvalue weighted by Crippen LogP contribution is 2.27. The number of benzene rings is 1. The minimum Gasteiger partial charge on any atom is -0.447 e. The lowest BCUT2D eigenvalue weighted by atomic mass is 10.0. The number of oxazole rings is 1. The summed E-state index contributed by atoms with van der Waals surface area (Å²) in [5.74, 6) is -0.127. The van der Waals surface area contributed by atoms with E-state index >= 15 is 0 Å². The number of hydrogen-bond acceptors (Lipinski definition) is 4. The van der Waals surface area contributed by atoms with Gasteiger partial charge in [-0.05, 0) is 37.7 Å². The summed E-state index contributed by atoms with van der Waals surface area (Å²) in [5, 5.41) is 2.86. The Hall–Kier alpha value is -2.28. The molecule has 1 amide bonds. The molecule has 152 valence electrons. The Bertz CT molecular complexity index is 818. The minimum absolute atomic E-state index is 0.100. The molecule has 1 aromatic heterocycles. The van der Waals surface area contributed by atoms with Gasteiger partial charge in [-0.3, -0.25) is 9.69 Å². The number of rotatable bonds is 9. The number of aromatic nitrogens is 1. The smallest absolute Gasteiger partial charge is 0.273 e. The molecule has 28 heavy (non-hydrogen) atoms. The number of halogens is 2. The molecular formula is C21H27F2N3O2. The van der Waals surface area contributed by atoms with Gasteiger partial charge in [-0.15, -0.1) is 0 Å². The van der Waals surface area contributed by atoms with Gasteiger partial charge in [0.1, 0.15) is 17.9 Å². The lowest BCUT2D eigenvalue weighted by molar-refractivity contribution is 0.0946. The van der Waals surface area contributed by atoms with Crippen molar-refractivity contribution in [3.8, 4) is 0 Å². The fraction of sp³-hybridized carbons (Fsp3) is 0.524. The van der Waals surface area contributed by atoms with Crippen molar-refractivity contribution in [1.29, 1.82) is 0 Å². The van der Waals surface area contributed by atoms with E-state index in [9.17, 15) is 13.6 Å². The summed E-state index contributed by atoms with van der Waals surface area (Å²) >= 11 is 0. The molecule has 0 spiro atoms. The molecule has 7 heteroatoms. The molecule has 1 aliphatic carbocycles. The molecule has 3 rings (SSSR count). The summed E-state index contributed by atoms with van der Waals surface area (Å²) in [4.78, 5) is 18.5. The van der Waals surface area contributed by atoms with E-state index in [1.807, 2.05) is 11.8 Å². The molecule has 0 saturated heterocycles.